The van der Waals surface area contributed by atoms with Crippen LogP contribution in [0.1, 0.15) is 53.6 Å². The largest absolute Gasteiger partial charge is 0.481 e. The van der Waals surface area contributed by atoms with Crippen molar-refractivity contribution in [3.05, 3.63) is 34.9 Å². The number of ketones is 1. The van der Waals surface area contributed by atoms with Gasteiger partial charge in [-0.15, -0.1) is 0 Å². The fraction of sp³-hybridized carbons (Fsp3) is 0.471. The summed E-state index contributed by atoms with van der Waals surface area (Å²) in [7, 11) is 0. The van der Waals surface area contributed by atoms with E-state index in [2.05, 4.69) is 5.32 Å². The summed E-state index contributed by atoms with van der Waals surface area (Å²) in [5.74, 6) is -1.28. The molecule has 118 valence electrons. The number of rotatable bonds is 7. The van der Waals surface area contributed by atoms with Crippen molar-refractivity contribution in [3.8, 4) is 0 Å². The molecule has 0 aromatic heterocycles. The van der Waals surface area contributed by atoms with Gasteiger partial charge in [0.25, 0.3) is 0 Å². The minimum atomic E-state index is -0.953. The van der Waals surface area contributed by atoms with Gasteiger partial charge in [0.2, 0.25) is 5.91 Å². The molecule has 1 aromatic rings. The molecule has 5 heteroatoms. The van der Waals surface area contributed by atoms with Crippen LogP contribution in [0, 0.1) is 0 Å². The van der Waals surface area contributed by atoms with Crippen LogP contribution in [-0.4, -0.2) is 29.3 Å². The molecular formula is C17H21NO4. The topological polar surface area (TPSA) is 83.5 Å². The van der Waals surface area contributed by atoms with E-state index in [1.165, 1.54) is 17.5 Å². The Balaban J connectivity index is 1.82. The van der Waals surface area contributed by atoms with Crippen molar-refractivity contribution in [2.45, 2.75) is 44.9 Å². The number of hydrogen-bond acceptors (Lipinski definition) is 3. The van der Waals surface area contributed by atoms with E-state index in [4.69, 9.17) is 5.11 Å². The maximum atomic E-state index is 12.1. The van der Waals surface area contributed by atoms with E-state index in [0.29, 0.717) is 5.56 Å². The molecule has 1 aromatic carbocycles. The molecule has 1 aliphatic carbocycles. The van der Waals surface area contributed by atoms with Gasteiger partial charge in [-0.3, -0.25) is 14.4 Å². The van der Waals surface area contributed by atoms with Crippen LogP contribution in [0.15, 0.2) is 18.2 Å². The Labute approximate surface area is 129 Å². The van der Waals surface area contributed by atoms with Crippen LogP contribution in [0.3, 0.4) is 0 Å². The molecule has 1 aliphatic rings. The lowest BCUT2D eigenvalue weighted by Crippen LogP contribution is -2.26. The molecule has 0 heterocycles. The van der Waals surface area contributed by atoms with Crippen LogP contribution >= 0.6 is 0 Å². The predicted molar refractivity (Wildman–Crippen MR) is 81.9 cm³/mol. The number of carboxylic acid groups (broad SMARTS) is 1. The number of nitrogens with one attached hydrogen (secondary N) is 1. The number of hydrogen-bond donors (Lipinski definition) is 2. The van der Waals surface area contributed by atoms with Crippen LogP contribution in [-0.2, 0) is 22.4 Å². The van der Waals surface area contributed by atoms with E-state index in [1.807, 2.05) is 18.2 Å². The van der Waals surface area contributed by atoms with Gasteiger partial charge in [-0.25, -0.2) is 0 Å². The van der Waals surface area contributed by atoms with Gasteiger partial charge in [0, 0.05) is 24.9 Å². The number of carboxylic acids is 1. The van der Waals surface area contributed by atoms with Crippen molar-refractivity contribution in [2.75, 3.05) is 6.54 Å². The molecular weight excluding hydrogens is 282 g/mol. The third-order valence-electron chi connectivity index (χ3n) is 3.91. The molecule has 0 aliphatic heterocycles. The molecule has 0 spiro atoms. The summed E-state index contributed by atoms with van der Waals surface area (Å²) < 4.78 is 0. The molecule has 0 saturated carbocycles. The number of fused-ring (bicyclic) bond motifs is 1. The number of Topliss-reactive ketones (excluding diaryl/α,β-unsaturated/α-hetero) is 1. The van der Waals surface area contributed by atoms with Gasteiger partial charge >= 0.3 is 5.97 Å². The van der Waals surface area contributed by atoms with Crippen LogP contribution in [0.5, 0.6) is 0 Å². The van der Waals surface area contributed by atoms with Crippen molar-refractivity contribution < 1.29 is 19.5 Å². The molecule has 2 N–H and O–H groups in total. The maximum absolute atomic E-state index is 12.1. The Morgan fingerprint density at radius 1 is 1.00 bits per heavy atom. The lowest BCUT2D eigenvalue weighted by molar-refractivity contribution is -0.136. The van der Waals surface area contributed by atoms with Crippen molar-refractivity contribution in [1.29, 1.82) is 0 Å². The third kappa shape index (κ3) is 4.69. The van der Waals surface area contributed by atoms with Gasteiger partial charge in [0.05, 0.1) is 6.42 Å². The van der Waals surface area contributed by atoms with Gasteiger partial charge in [0.1, 0.15) is 0 Å². The fourth-order valence-corrected chi connectivity index (χ4v) is 2.68. The summed E-state index contributed by atoms with van der Waals surface area (Å²) >= 11 is 0. The highest BCUT2D eigenvalue weighted by molar-refractivity contribution is 5.98. The fourth-order valence-electron chi connectivity index (χ4n) is 2.68. The molecule has 0 fully saturated rings. The Morgan fingerprint density at radius 3 is 2.45 bits per heavy atom. The highest BCUT2D eigenvalue weighted by Crippen LogP contribution is 2.22. The predicted octanol–water partition coefficient (Wildman–Crippen LogP) is 2.12. The standard InChI is InChI=1S/C17H21NO4/c19-15(7-8-16(20)18-10-9-17(21)22)14-6-5-12-3-1-2-4-13(12)11-14/h5-6,11H,1-4,7-10H2,(H,18,20)(H,21,22). The Hall–Kier alpha value is -2.17. The molecule has 5 nitrogen and oxygen atoms in total. The van der Waals surface area contributed by atoms with Crippen molar-refractivity contribution >= 4 is 17.7 Å². The van der Waals surface area contributed by atoms with E-state index >= 15 is 0 Å². The molecule has 22 heavy (non-hydrogen) atoms. The third-order valence-corrected chi connectivity index (χ3v) is 3.91. The Kier molecular flexibility index (Phi) is 5.69. The zero-order valence-electron chi connectivity index (χ0n) is 12.6. The van der Waals surface area contributed by atoms with E-state index in [0.717, 1.165) is 19.3 Å². The molecule has 0 atom stereocenters. The summed E-state index contributed by atoms with van der Waals surface area (Å²) in [5, 5.41) is 11.0. The normalized spacial score (nSPS) is 13.3. The highest BCUT2D eigenvalue weighted by Gasteiger charge is 2.14. The number of carbonyl (C=O) groups is 3. The van der Waals surface area contributed by atoms with Gasteiger partial charge in [-0.05, 0) is 42.9 Å². The number of amides is 1. The summed E-state index contributed by atoms with van der Waals surface area (Å²) in [6.07, 6.45) is 4.60. The second-order valence-electron chi connectivity index (χ2n) is 5.61. The zero-order valence-corrected chi connectivity index (χ0v) is 12.6. The van der Waals surface area contributed by atoms with Crippen molar-refractivity contribution in [2.24, 2.45) is 0 Å². The SMILES string of the molecule is O=C(O)CCNC(=O)CCC(=O)c1ccc2c(c1)CCCC2. The maximum Gasteiger partial charge on any atom is 0.305 e. The summed E-state index contributed by atoms with van der Waals surface area (Å²) in [4.78, 5) is 34.0. The summed E-state index contributed by atoms with van der Waals surface area (Å²) in [6, 6.07) is 5.82. The monoisotopic (exact) mass is 303 g/mol. The van der Waals surface area contributed by atoms with Gasteiger partial charge in [0.15, 0.2) is 5.78 Å². The van der Waals surface area contributed by atoms with E-state index in [9.17, 15) is 14.4 Å². The molecule has 0 unspecified atom stereocenters. The Bertz CT molecular complexity index is 580. The van der Waals surface area contributed by atoms with E-state index in [-0.39, 0.29) is 37.5 Å². The first-order valence-electron chi connectivity index (χ1n) is 7.70. The molecule has 1 amide bonds. The molecule has 0 saturated heterocycles. The Morgan fingerprint density at radius 2 is 1.73 bits per heavy atom. The molecule has 0 bridgehead atoms. The molecule has 2 rings (SSSR count). The first kappa shape index (κ1) is 16.2. The van der Waals surface area contributed by atoms with Gasteiger partial charge in [-0.2, -0.15) is 0 Å². The molecule has 0 radical (unpaired) electrons. The summed E-state index contributed by atoms with van der Waals surface area (Å²) in [5.41, 5.74) is 3.25. The second-order valence-corrected chi connectivity index (χ2v) is 5.61. The van der Waals surface area contributed by atoms with Crippen LogP contribution in [0.2, 0.25) is 0 Å². The number of aliphatic carboxylic acids is 1. The first-order valence-corrected chi connectivity index (χ1v) is 7.70. The summed E-state index contributed by atoms with van der Waals surface area (Å²) in [6.45, 7) is 0.0984. The quantitative estimate of drug-likeness (QED) is 0.756. The van der Waals surface area contributed by atoms with Gasteiger partial charge < -0.3 is 10.4 Å². The highest BCUT2D eigenvalue weighted by atomic mass is 16.4. The van der Waals surface area contributed by atoms with Crippen LogP contribution in [0.25, 0.3) is 0 Å². The average Bonchev–Trinajstić information content (AvgIpc) is 2.51. The zero-order chi connectivity index (χ0) is 15.9. The van der Waals surface area contributed by atoms with Crippen molar-refractivity contribution in [3.63, 3.8) is 0 Å². The lowest BCUT2D eigenvalue weighted by Gasteiger charge is -2.16. The first-order chi connectivity index (χ1) is 10.6. The van der Waals surface area contributed by atoms with Gasteiger partial charge in [-0.1, -0.05) is 12.1 Å². The van der Waals surface area contributed by atoms with Crippen molar-refractivity contribution in [1.82, 2.24) is 5.32 Å². The van der Waals surface area contributed by atoms with E-state index in [1.54, 1.807) is 0 Å². The number of aryl methyl sites for hydroxylation is 2. The minimum absolute atomic E-state index is 0.0400. The average molecular weight is 303 g/mol. The number of benzene rings is 1. The van der Waals surface area contributed by atoms with E-state index < -0.39 is 5.97 Å². The number of carbonyl (C=O) groups excluding carboxylic acids is 2. The van der Waals surface area contributed by atoms with Crippen LogP contribution in [0.4, 0.5) is 0 Å². The smallest absolute Gasteiger partial charge is 0.305 e. The van der Waals surface area contributed by atoms with Crippen LogP contribution < -0.4 is 5.32 Å². The lowest BCUT2D eigenvalue weighted by atomic mass is 9.89. The minimum Gasteiger partial charge on any atom is -0.481 e. The second kappa shape index (κ2) is 7.73.